The van der Waals surface area contributed by atoms with Gasteiger partial charge in [-0.2, -0.15) is 0 Å². The lowest BCUT2D eigenvalue weighted by Gasteiger charge is -2.15. The second-order valence-corrected chi connectivity index (χ2v) is 5.36. The largest absolute Gasteiger partial charge is 0.377 e. The molecule has 5 heteroatoms. The normalized spacial score (nSPS) is 24.2. The van der Waals surface area contributed by atoms with E-state index in [0.717, 1.165) is 6.42 Å². The van der Waals surface area contributed by atoms with Gasteiger partial charge in [-0.05, 0) is 31.0 Å². The van der Waals surface area contributed by atoms with Crippen molar-refractivity contribution in [2.45, 2.75) is 36.1 Å². The van der Waals surface area contributed by atoms with Crippen LogP contribution < -0.4 is 5.73 Å². The minimum Gasteiger partial charge on any atom is -0.377 e. The van der Waals surface area contributed by atoms with Gasteiger partial charge in [0.25, 0.3) is 0 Å². The number of hydrogen-bond acceptors (Lipinski definition) is 3. The highest BCUT2D eigenvalue weighted by Gasteiger charge is 2.27. The highest BCUT2D eigenvalue weighted by atomic mass is 32.2. The lowest BCUT2D eigenvalue weighted by atomic mass is 10.2. The van der Waals surface area contributed by atoms with Gasteiger partial charge in [0.15, 0.2) is 0 Å². The lowest BCUT2D eigenvalue weighted by Crippen LogP contribution is -2.14. The summed E-state index contributed by atoms with van der Waals surface area (Å²) >= 11 is 1.22. The molecule has 2 rings (SSSR count). The SMILES string of the molecule is CC1OCCC1Sc1c(F)cc(CN)cc1F. The molecular weight excluding hydrogens is 244 g/mol. The molecule has 2 N–H and O–H groups in total. The predicted molar refractivity (Wildman–Crippen MR) is 63.9 cm³/mol. The summed E-state index contributed by atoms with van der Waals surface area (Å²) in [5, 5.41) is 0.114. The second kappa shape index (κ2) is 5.33. The number of hydrogen-bond donors (Lipinski definition) is 1. The Balaban J connectivity index is 2.20. The van der Waals surface area contributed by atoms with Gasteiger partial charge in [0, 0.05) is 18.4 Å². The Hall–Kier alpha value is -0.650. The zero-order valence-electron chi connectivity index (χ0n) is 9.58. The zero-order chi connectivity index (χ0) is 12.4. The number of nitrogens with two attached hydrogens (primary N) is 1. The molecular formula is C12H15F2NOS. The quantitative estimate of drug-likeness (QED) is 0.906. The van der Waals surface area contributed by atoms with Crippen molar-refractivity contribution in [1.29, 1.82) is 0 Å². The number of halogens is 2. The number of benzene rings is 1. The van der Waals surface area contributed by atoms with Crippen LogP contribution in [0.4, 0.5) is 8.78 Å². The molecule has 2 unspecified atom stereocenters. The highest BCUT2D eigenvalue weighted by Crippen LogP contribution is 2.35. The summed E-state index contributed by atoms with van der Waals surface area (Å²) in [5.41, 5.74) is 5.84. The van der Waals surface area contributed by atoms with Crippen LogP contribution in [-0.2, 0) is 11.3 Å². The topological polar surface area (TPSA) is 35.2 Å². The van der Waals surface area contributed by atoms with Crippen LogP contribution in [0.2, 0.25) is 0 Å². The maximum atomic E-state index is 13.7. The Labute approximate surface area is 104 Å². The first kappa shape index (κ1) is 12.8. The average Bonchev–Trinajstić information content (AvgIpc) is 2.69. The van der Waals surface area contributed by atoms with Crippen molar-refractivity contribution >= 4 is 11.8 Å². The Morgan fingerprint density at radius 2 is 2.06 bits per heavy atom. The maximum Gasteiger partial charge on any atom is 0.140 e. The van der Waals surface area contributed by atoms with Crippen LogP contribution in [0.1, 0.15) is 18.9 Å². The van der Waals surface area contributed by atoms with Crippen molar-refractivity contribution in [2.24, 2.45) is 5.73 Å². The Bertz CT molecular complexity index is 390. The smallest absolute Gasteiger partial charge is 0.140 e. The summed E-state index contributed by atoms with van der Waals surface area (Å²) in [6.07, 6.45) is 0.858. The standard InChI is InChI=1S/C12H15F2NOS/c1-7-11(2-3-16-7)17-12-9(13)4-8(6-15)5-10(12)14/h4-5,7,11H,2-3,6,15H2,1H3. The van der Waals surface area contributed by atoms with Gasteiger partial charge in [0.2, 0.25) is 0 Å². The number of thioether (sulfide) groups is 1. The van der Waals surface area contributed by atoms with E-state index in [2.05, 4.69) is 0 Å². The van der Waals surface area contributed by atoms with Gasteiger partial charge in [-0.15, -0.1) is 11.8 Å². The van der Waals surface area contributed by atoms with Crippen molar-refractivity contribution in [1.82, 2.24) is 0 Å². The van der Waals surface area contributed by atoms with Gasteiger partial charge < -0.3 is 10.5 Å². The molecule has 0 saturated carbocycles. The van der Waals surface area contributed by atoms with E-state index in [-0.39, 0.29) is 22.8 Å². The van der Waals surface area contributed by atoms with Crippen molar-refractivity contribution < 1.29 is 13.5 Å². The molecule has 0 bridgehead atoms. The first-order valence-electron chi connectivity index (χ1n) is 5.58. The van der Waals surface area contributed by atoms with Gasteiger partial charge in [-0.1, -0.05) is 0 Å². The predicted octanol–water partition coefficient (Wildman–Crippen LogP) is 2.69. The Morgan fingerprint density at radius 3 is 2.53 bits per heavy atom. The fourth-order valence-electron chi connectivity index (χ4n) is 1.86. The molecule has 1 fully saturated rings. The third kappa shape index (κ3) is 2.78. The molecule has 0 aliphatic carbocycles. The van der Waals surface area contributed by atoms with E-state index < -0.39 is 11.6 Å². The van der Waals surface area contributed by atoms with E-state index in [9.17, 15) is 8.78 Å². The third-order valence-corrected chi connectivity index (χ3v) is 4.42. The van der Waals surface area contributed by atoms with Gasteiger partial charge in [0.05, 0.1) is 11.0 Å². The molecule has 1 heterocycles. The van der Waals surface area contributed by atoms with E-state index in [1.54, 1.807) is 0 Å². The number of ether oxygens (including phenoxy) is 1. The summed E-state index contributed by atoms with van der Waals surface area (Å²) in [6.45, 7) is 2.72. The first-order valence-corrected chi connectivity index (χ1v) is 6.46. The molecule has 0 amide bonds. The summed E-state index contributed by atoms with van der Waals surface area (Å²) in [5.74, 6) is -1.07. The minimum absolute atomic E-state index is 0.0352. The van der Waals surface area contributed by atoms with E-state index in [1.165, 1.54) is 23.9 Å². The Morgan fingerprint density at radius 1 is 1.41 bits per heavy atom. The maximum absolute atomic E-state index is 13.7. The first-order chi connectivity index (χ1) is 8.11. The van der Waals surface area contributed by atoms with Crippen LogP contribution in [-0.4, -0.2) is 18.0 Å². The highest BCUT2D eigenvalue weighted by molar-refractivity contribution is 8.00. The Kier molecular flexibility index (Phi) is 4.01. The minimum atomic E-state index is -0.533. The van der Waals surface area contributed by atoms with Crippen LogP contribution >= 0.6 is 11.8 Å². The molecule has 1 aromatic carbocycles. The van der Waals surface area contributed by atoms with Gasteiger partial charge in [-0.25, -0.2) is 8.78 Å². The average molecular weight is 259 g/mol. The lowest BCUT2D eigenvalue weighted by molar-refractivity contribution is 0.127. The molecule has 94 valence electrons. The monoisotopic (exact) mass is 259 g/mol. The molecule has 0 spiro atoms. The second-order valence-electron chi connectivity index (χ2n) is 4.11. The molecule has 1 aromatic rings. The molecule has 1 saturated heterocycles. The van der Waals surface area contributed by atoms with Gasteiger partial charge in [-0.3, -0.25) is 0 Å². The molecule has 2 atom stereocenters. The van der Waals surface area contributed by atoms with Crippen LogP contribution in [0.5, 0.6) is 0 Å². The molecule has 17 heavy (non-hydrogen) atoms. The zero-order valence-corrected chi connectivity index (χ0v) is 10.4. The van der Waals surface area contributed by atoms with Gasteiger partial charge >= 0.3 is 0 Å². The fourth-order valence-corrected chi connectivity index (χ4v) is 2.99. The summed E-state index contributed by atoms with van der Waals surface area (Å²) in [6, 6.07) is 2.60. The summed E-state index contributed by atoms with van der Waals surface area (Å²) in [7, 11) is 0. The number of rotatable bonds is 3. The van der Waals surface area contributed by atoms with Crippen LogP contribution in [0.15, 0.2) is 17.0 Å². The van der Waals surface area contributed by atoms with Gasteiger partial charge in [0.1, 0.15) is 11.6 Å². The van der Waals surface area contributed by atoms with E-state index in [4.69, 9.17) is 10.5 Å². The summed E-state index contributed by atoms with van der Waals surface area (Å²) in [4.78, 5) is 0.0737. The van der Waals surface area contributed by atoms with Crippen LogP contribution in [0, 0.1) is 11.6 Å². The van der Waals surface area contributed by atoms with E-state index >= 15 is 0 Å². The van der Waals surface area contributed by atoms with E-state index in [1.807, 2.05) is 6.92 Å². The van der Waals surface area contributed by atoms with Crippen LogP contribution in [0.25, 0.3) is 0 Å². The molecule has 0 aromatic heterocycles. The third-order valence-electron chi connectivity index (χ3n) is 2.87. The molecule has 2 nitrogen and oxygen atoms in total. The molecule has 1 aliphatic heterocycles. The van der Waals surface area contributed by atoms with Crippen molar-refractivity contribution in [3.05, 3.63) is 29.3 Å². The fraction of sp³-hybridized carbons (Fsp3) is 0.500. The summed E-state index contributed by atoms with van der Waals surface area (Å²) < 4.78 is 32.8. The van der Waals surface area contributed by atoms with Crippen molar-refractivity contribution in [2.75, 3.05) is 6.61 Å². The van der Waals surface area contributed by atoms with E-state index in [0.29, 0.717) is 12.2 Å². The molecule has 0 radical (unpaired) electrons. The molecule has 1 aliphatic rings. The van der Waals surface area contributed by atoms with Crippen molar-refractivity contribution in [3.63, 3.8) is 0 Å². The van der Waals surface area contributed by atoms with Crippen LogP contribution in [0.3, 0.4) is 0 Å². The van der Waals surface area contributed by atoms with Crippen molar-refractivity contribution in [3.8, 4) is 0 Å².